The van der Waals surface area contributed by atoms with E-state index in [-0.39, 0.29) is 30.0 Å². The molecule has 0 aliphatic heterocycles. The predicted octanol–water partition coefficient (Wildman–Crippen LogP) is 3.05. The second-order valence-corrected chi connectivity index (χ2v) is 6.03. The van der Waals surface area contributed by atoms with Crippen LogP contribution in [0.15, 0.2) is 35.2 Å². The van der Waals surface area contributed by atoms with Gasteiger partial charge < -0.3 is 15.2 Å². The lowest BCUT2D eigenvalue weighted by molar-refractivity contribution is 0.610. The minimum atomic E-state index is 0. The summed E-state index contributed by atoms with van der Waals surface area (Å²) in [5.41, 5.74) is 0. The lowest BCUT2D eigenvalue weighted by Crippen LogP contribution is -2.38. The number of hydrogen-bond donors (Lipinski definition) is 2. The highest BCUT2D eigenvalue weighted by Gasteiger charge is 2.07. The van der Waals surface area contributed by atoms with Gasteiger partial charge in [0.15, 0.2) is 5.96 Å². The van der Waals surface area contributed by atoms with E-state index in [0.717, 1.165) is 38.4 Å². The highest BCUT2D eigenvalue weighted by Crippen LogP contribution is 2.17. The Bertz CT molecular complexity index is 540. The Morgan fingerprint density at radius 3 is 2.78 bits per heavy atom. The molecule has 2 aromatic heterocycles. The molecule has 0 aliphatic carbocycles. The summed E-state index contributed by atoms with van der Waals surface area (Å²) in [6, 6.07) is 4.49. The minimum absolute atomic E-state index is 0. The number of nitrogens with zero attached hydrogens (tertiary/aromatic N) is 4. The molecule has 2 N–H and O–H groups in total. The van der Waals surface area contributed by atoms with Crippen molar-refractivity contribution in [3.8, 4) is 0 Å². The molecule has 0 saturated carbocycles. The third-order valence-corrected chi connectivity index (χ3v) is 4.28. The van der Waals surface area contributed by atoms with E-state index in [2.05, 4.69) is 57.2 Å². The van der Waals surface area contributed by atoms with Crippen LogP contribution in [-0.2, 0) is 6.54 Å². The average molecular weight is 448 g/mol. The van der Waals surface area contributed by atoms with Gasteiger partial charge in [-0.05, 0) is 38.1 Å². The maximum absolute atomic E-state index is 4.64. The second-order valence-electron chi connectivity index (χ2n) is 5.05. The van der Waals surface area contributed by atoms with Crippen LogP contribution in [0.1, 0.15) is 37.6 Å². The summed E-state index contributed by atoms with van der Waals surface area (Å²) >= 11 is 1.76. The Hall–Kier alpha value is -1.16. The topological polar surface area (TPSA) is 67.1 Å². The molecule has 0 saturated heterocycles. The summed E-state index contributed by atoms with van der Waals surface area (Å²) in [6.45, 7) is 6.86. The molecule has 0 bridgehead atoms. The Morgan fingerprint density at radius 1 is 1.35 bits per heavy atom. The standard InChI is InChI=1S/C15H24N6S.HI/c1-3-16-15(20-13(2)14-7-6-10-22-14)17-8-4-5-9-21-11-18-19-12-21;/h6-7,10-13H,3-5,8-9H2,1-2H3,(H2,16,17,20);1H. The van der Waals surface area contributed by atoms with Crippen molar-refractivity contribution in [3.05, 3.63) is 35.0 Å². The first kappa shape index (κ1) is 19.9. The van der Waals surface area contributed by atoms with E-state index in [1.165, 1.54) is 4.88 Å². The zero-order valence-corrected chi connectivity index (χ0v) is 16.8. The lowest BCUT2D eigenvalue weighted by Gasteiger charge is -2.16. The number of thiophene rings is 1. The third-order valence-electron chi connectivity index (χ3n) is 3.23. The summed E-state index contributed by atoms with van der Waals surface area (Å²) in [5, 5.41) is 16.4. The zero-order valence-electron chi connectivity index (χ0n) is 13.6. The van der Waals surface area contributed by atoms with Gasteiger partial charge in [0.05, 0.1) is 6.04 Å². The minimum Gasteiger partial charge on any atom is -0.357 e. The Balaban J connectivity index is 0.00000264. The van der Waals surface area contributed by atoms with Gasteiger partial charge in [-0.2, -0.15) is 0 Å². The van der Waals surface area contributed by atoms with Crippen LogP contribution in [0.5, 0.6) is 0 Å². The van der Waals surface area contributed by atoms with E-state index in [9.17, 15) is 0 Å². The quantitative estimate of drug-likeness (QED) is 0.282. The molecule has 2 aromatic rings. The SMILES string of the molecule is CCNC(=NCCCCn1cnnc1)NC(C)c1cccs1.I. The van der Waals surface area contributed by atoms with Gasteiger partial charge in [-0.25, -0.2) is 0 Å². The van der Waals surface area contributed by atoms with E-state index in [4.69, 9.17) is 0 Å². The summed E-state index contributed by atoms with van der Waals surface area (Å²) in [5.74, 6) is 0.882. The van der Waals surface area contributed by atoms with Crippen LogP contribution in [0.2, 0.25) is 0 Å². The molecule has 2 rings (SSSR count). The van der Waals surface area contributed by atoms with Crippen LogP contribution in [0.25, 0.3) is 0 Å². The van der Waals surface area contributed by atoms with Crippen molar-refractivity contribution < 1.29 is 0 Å². The monoisotopic (exact) mass is 448 g/mol. The van der Waals surface area contributed by atoms with Crippen molar-refractivity contribution in [2.75, 3.05) is 13.1 Å². The first-order valence-corrected chi connectivity index (χ1v) is 8.58. The fourth-order valence-electron chi connectivity index (χ4n) is 2.07. The number of aromatic nitrogens is 3. The summed E-state index contributed by atoms with van der Waals surface area (Å²) in [4.78, 5) is 5.96. The number of rotatable bonds is 8. The van der Waals surface area contributed by atoms with Crippen LogP contribution in [0.3, 0.4) is 0 Å². The predicted molar refractivity (Wildman–Crippen MR) is 107 cm³/mol. The van der Waals surface area contributed by atoms with Gasteiger partial charge in [0, 0.05) is 24.5 Å². The molecule has 23 heavy (non-hydrogen) atoms. The van der Waals surface area contributed by atoms with Crippen LogP contribution in [-0.4, -0.2) is 33.8 Å². The van der Waals surface area contributed by atoms with Crippen LogP contribution >= 0.6 is 35.3 Å². The van der Waals surface area contributed by atoms with E-state index in [0.29, 0.717) is 0 Å². The van der Waals surface area contributed by atoms with Gasteiger partial charge in [0.2, 0.25) is 0 Å². The Labute approximate surface area is 158 Å². The van der Waals surface area contributed by atoms with Gasteiger partial charge in [0.1, 0.15) is 12.7 Å². The first-order valence-electron chi connectivity index (χ1n) is 7.70. The molecule has 0 fully saturated rings. The van der Waals surface area contributed by atoms with Crippen molar-refractivity contribution >= 4 is 41.3 Å². The summed E-state index contributed by atoms with van der Waals surface area (Å²) in [7, 11) is 0. The Morgan fingerprint density at radius 2 is 2.13 bits per heavy atom. The van der Waals surface area contributed by atoms with Crippen molar-refractivity contribution in [3.63, 3.8) is 0 Å². The number of guanidine groups is 1. The van der Waals surface area contributed by atoms with E-state index in [1.807, 2.05) is 4.57 Å². The van der Waals surface area contributed by atoms with E-state index >= 15 is 0 Å². The Kier molecular flexibility index (Phi) is 9.85. The smallest absolute Gasteiger partial charge is 0.191 e. The number of unbranched alkanes of at least 4 members (excludes halogenated alkanes) is 1. The summed E-state index contributed by atoms with van der Waals surface area (Å²) < 4.78 is 1.99. The number of hydrogen-bond acceptors (Lipinski definition) is 4. The molecule has 6 nitrogen and oxygen atoms in total. The summed E-state index contributed by atoms with van der Waals surface area (Å²) in [6.07, 6.45) is 5.61. The highest BCUT2D eigenvalue weighted by molar-refractivity contribution is 14.0. The number of halogens is 1. The first-order chi connectivity index (χ1) is 10.8. The lowest BCUT2D eigenvalue weighted by atomic mass is 10.3. The fraction of sp³-hybridized carbons (Fsp3) is 0.533. The maximum atomic E-state index is 4.64. The number of nitrogens with one attached hydrogen (secondary N) is 2. The van der Waals surface area contributed by atoms with E-state index < -0.39 is 0 Å². The molecule has 8 heteroatoms. The largest absolute Gasteiger partial charge is 0.357 e. The fourth-order valence-corrected chi connectivity index (χ4v) is 2.80. The molecule has 0 radical (unpaired) electrons. The molecule has 0 aliphatic rings. The van der Waals surface area contributed by atoms with Crippen LogP contribution in [0, 0.1) is 0 Å². The third kappa shape index (κ3) is 7.30. The normalized spacial score (nSPS) is 12.5. The number of aryl methyl sites for hydroxylation is 1. The molecule has 1 unspecified atom stereocenters. The molecule has 0 spiro atoms. The molecular formula is C15H25IN6S. The van der Waals surface area contributed by atoms with Gasteiger partial charge in [-0.15, -0.1) is 45.5 Å². The number of aliphatic imine (C=N–C) groups is 1. The van der Waals surface area contributed by atoms with Crippen molar-refractivity contribution in [2.24, 2.45) is 4.99 Å². The molecule has 2 heterocycles. The van der Waals surface area contributed by atoms with Gasteiger partial charge in [-0.3, -0.25) is 4.99 Å². The van der Waals surface area contributed by atoms with Crippen molar-refractivity contribution in [2.45, 2.75) is 39.3 Å². The molecule has 0 amide bonds. The van der Waals surface area contributed by atoms with Crippen molar-refractivity contribution in [1.82, 2.24) is 25.4 Å². The van der Waals surface area contributed by atoms with Crippen LogP contribution < -0.4 is 10.6 Å². The van der Waals surface area contributed by atoms with E-state index in [1.54, 1.807) is 24.0 Å². The molecule has 128 valence electrons. The molecule has 1 atom stereocenters. The van der Waals surface area contributed by atoms with Gasteiger partial charge in [-0.1, -0.05) is 6.07 Å². The maximum Gasteiger partial charge on any atom is 0.191 e. The molecular weight excluding hydrogens is 423 g/mol. The van der Waals surface area contributed by atoms with Gasteiger partial charge >= 0.3 is 0 Å². The molecule has 0 aromatic carbocycles. The van der Waals surface area contributed by atoms with Crippen molar-refractivity contribution in [1.29, 1.82) is 0 Å². The van der Waals surface area contributed by atoms with Gasteiger partial charge in [0.25, 0.3) is 0 Å². The highest BCUT2D eigenvalue weighted by atomic mass is 127. The van der Waals surface area contributed by atoms with Crippen LogP contribution in [0.4, 0.5) is 0 Å². The average Bonchev–Trinajstić information content (AvgIpc) is 3.20. The second kappa shape index (κ2) is 11.4. The zero-order chi connectivity index (χ0) is 15.6.